The molecular formula is C20H27N6O16P3. The van der Waals surface area contributed by atoms with Gasteiger partial charge < -0.3 is 39.8 Å². The number of aromatic nitrogens is 2. The van der Waals surface area contributed by atoms with Gasteiger partial charge in [0.15, 0.2) is 0 Å². The average Bonchev–Trinajstić information content (AvgIpc) is 3.48. The minimum Gasteiger partial charge on any atom is -0.390 e. The number of nitrogens with zero attached hydrogens (tertiary/aromatic N) is 4. The van der Waals surface area contributed by atoms with Gasteiger partial charge in [0, 0.05) is 30.9 Å². The van der Waals surface area contributed by atoms with E-state index in [1.54, 1.807) is 0 Å². The number of aliphatic imine (C=N–C) groups is 1. The Kier molecular flexibility index (Phi) is 9.85. The molecule has 248 valence electrons. The Morgan fingerprint density at radius 2 is 1.91 bits per heavy atom. The number of aliphatic hydroxyl groups excluding tert-OH is 1. The fourth-order valence-electron chi connectivity index (χ4n) is 4.61. The average molecular weight is 700 g/mol. The number of rotatable bonds is 11. The fraction of sp³-hybridized carbons (Fsp3) is 0.450. The number of anilines is 1. The zero-order valence-electron chi connectivity index (χ0n) is 23.0. The SMILES string of the molecule is CC(=O)NC1=NC(O)(C(C)c2ccccc2[N+](=O)[O-])c2ncn([C@H]3C[C@H](O)[C@@H](COP(=O)(O)OP(=O)(O)OP(=O)(O)O)O3)c2N1. The van der Waals surface area contributed by atoms with E-state index in [1.807, 2.05) is 0 Å². The Morgan fingerprint density at radius 3 is 2.53 bits per heavy atom. The molecule has 4 unspecified atom stereocenters. The van der Waals surface area contributed by atoms with Crippen LogP contribution in [0, 0.1) is 10.1 Å². The van der Waals surface area contributed by atoms with Gasteiger partial charge in [0.2, 0.25) is 17.6 Å². The van der Waals surface area contributed by atoms with E-state index in [0.717, 1.165) is 0 Å². The lowest BCUT2D eigenvalue weighted by Crippen LogP contribution is -2.44. The first kappa shape index (κ1) is 34.9. The molecule has 2 aromatic rings. The van der Waals surface area contributed by atoms with Crippen LogP contribution in [-0.4, -0.2) is 74.9 Å². The van der Waals surface area contributed by atoms with Crippen molar-refractivity contribution in [3.05, 3.63) is 52.0 Å². The number of ether oxygens (including phenoxy) is 1. The summed E-state index contributed by atoms with van der Waals surface area (Å²) >= 11 is 0. The van der Waals surface area contributed by atoms with Crippen molar-refractivity contribution in [2.24, 2.45) is 4.99 Å². The molecular weight excluding hydrogens is 673 g/mol. The molecule has 3 heterocycles. The number of nitro groups is 1. The Hall–Kier alpha value is -2.94. The summed E-state index contributed by atoms with van der Waals surface area (Å²) in [6.45, 7) is 1.68. The predicted octanol–water partition coefficient (Wildman–Crippen LogP) is 0.649. The van der Waals surface area contributed by atoms with Gasteiger partial charge in [0.05, 0.1) is 24.0 Å². The van der Waals surface area contributed by atoms with E-state index in [0.29, 0.717) is 0 Å². The van der Waals surface area contributed by atoms with Gasteiger partial charge in [-0.05, 0) is 0 Å². The Balaban J connectivity index is 1.58. The highest BCUT2D eigenvalue weighted by Crippen LogP contribution is 2.66. The molecule has 2 aliphatic rings. The van der Waals surface area contributed by atoms with E-state index in [9.17, 15) is 48.6 Å². The number of hydrogen-bond acceptors (Lipinski definition) is 15. The molecule has 0 spiro atoms. The van der Waals surface area contributed by atoms with Crippen molar-refractivity contribution in [3.8, 4) is 0 Å². The molecule has 45 heavy (non-hydrogen) atoms. The number of aliphatic hydroxyl groups is 2. The number of benzene rings is 1. The molecule has 4 rings (SSSR count). The first-order chi connectivity index (χ1) is 20.7. The van der Waals surface area contributed by atoms with Crippen molar-refractivity contribution in [1.82, 2.24) is 14.9 Å². The number of nitrogens with one attached hydrogen (secondary N) is 2. The van der Waals surface area contributed by atoms with Crippen LogP contribution in [0.5, 0.6) is 0 Å². The van der Waals surface area contributed by atoms with E-state index in [-0.39, 0.29) is 35.1 Å². The molecule has 0 bridgehead atoms. The van der Waals surface area contributed by atoms with E-state index >= 15 is 0 Å². The molecule has 25 heteroatoms. The lowest BCUT2D eigenvalue weighted by molar-refractivity contribution is -0.386. The largest absolute Gasteiger partial charge is 0.490 e. The van der Waals surface area contributed by atoms with E-state index < -0.39 is 71.0 Å². The lowest BCUT2D eigenvalue weighted by atomic mass is 9.86. The number of amides is 1. The number of nitro benzene ring substituents is 1. The summed E-state index contributed by atoms with van der Waals surface area (Å²) in [5.41, 5.74) is -2.64. The molecule has 1 aromatic heterocycles. The van der Waals surface area contributed by atoms with Crippen LogP contribution >= 0.6 is 23.5 Å². The molecule has 8 N–H and O–H groups in total. The van der Waals surface area contributed by atoms with E-state index in [1.165, 1.54) is 49.0 Å². The van der Waals surface area contributed by atoms with Crippen molar-refractivity contribution in [2.45, 2.75) is 50.3 Å². The van der Waals surface area contributed by atoms with Gasteiger partial charge in [-0.3, -0.25) is 29.3 Å². The van der Waals surface area contributed by atoms with Crippen LogP contribution < -0.4 is 10.6 Å². The summed E-state index contributed by atoms with van der Waals surface area (Å²) in [5, 5.41) is 39.3. The van der Waals surface area contributed by atoms with Gasteiger partial charge in [0.1, 0.15) is 23.8 Å². The zero-order valence-corrected chi connectivity index (χ0v) is 25.7. The van der Waals surface area contributed by atoms with Crippen LogP contribution in [0.4, 0.5) is 11.5 Å². The Morgan fingerprint density at radius 1 is 1.24 bits per heavy atom. The number of phosphoric acid groups is 3. The van der Waals surface area contributed by atoms with Crippen molar-refractivity contribution in [3.63, 3.8) is 0 Å². The van der Waals surface area contributed by atoms with Crippen LogP contribution in [0.25, 0.3) is 0 Å². The van der Waals surface area contributed by atoms with Crippen molar-refractivity contribution < 1.29 is 71.1 Å². The third-order valence-corrected chi connectivity index (χ3v) is 10.3. The predicted molar refractivity (Wildman–Crippen MR) is 147 cm³/mol. The molecule has 1 fully saturated rings. The van der Waals surface area contributed by atoms with Crippen LogP contribution in [-0.2, 0) is 42.1 Å². The number of hydrogen-bond donors (Lipinski definition) is 8. The quantitative estimate of drug-likeness (QED) is 0.0906. The van der Waals surface area contributed by atoms with Gasteiger partial charge >= 0.3 is 23.5 Å². The Bertz CT molecular complexity index is 1660. The lowest BCUT2D eigenvalue weighted by Gasteiger charge is -2.34. The molecule has 1 saturated heterocycles. The topological polar surface area (TPSA) is 324 Å². The molecule has 0 aliphatic carbocycles. The minimum absolute atomic E-state index is 0.00702. The van der Waals surface area contributed by atoms with Crippen LogP contribution in [0.3, 0.4) is 0 Å². The smallest absolute Gasteiger partial charge is 0.390 e. The number of carbonyl (C=O) groups excluding carboxylic acids is 1. The third-order valence-electron chi connectivity index (χ3n) is 6.49. The maximum Gasteiger partial charge on any atom is 0.490 e. The molecule has 1 amide bonds. The van der Waals surface area contributed by atoms with Gasteiger partial charge in [-0.1, -0.05) is 25.1 Å². The summed E-state index contributed by atoms with van der Waals surface area (Å²) in [7, 11) is -16.9. The molecule has 0 saturated carbocycles. The highest BCUT2D eigenvalue weighted by Gasteiger charge is 2.48. The Labute approximate surface area is 252 Å². The highest BCUT2D eigenvalue weighted by molar-refractivity contribution is 7.66. The maximum atomic E-state index is 12.1. The maximum absolute atomic E-state index is 12.1. The number of fused-ring (bicyclic) bond motifs is 1. The van der Waals surface area contributed by atoms with Gasteiger partial charge in [-0.15, -0.1) is 0 Å². The molecule has 7 atom stereocenters. The monoisotopic (exact) mass is 700 g/mol. The normalized spacial score (nSPS) is 26.5. The van der Waals surface area contributed by atoms with Gasteiger partial charge in [-0.25, -0.2) is 23.7 Å². The zero-order chi connectivity index (χ0) is 33.5. The van der Waals surface area contributed by atoms with E-state index in [2.05, 4.69) is 33.8 Å². The number of phosphoric ester groups is 1. The van der Waals surface area contributed by atoms with Crippen molar-refractivity contribution in [2.75, 3.05) is 11.9 Å². The van der Waals surface area contributed by atoms with Crippen LogP contribution in [0.15, 0.2) is 35.6 Å². The first-order valence-electron chi connectivity index (χ1n) is 12.5. The van der Waals surface area contributed by atoms with Crippen molar-refractivity contribution in [1.29, 1.82) is 0 Å². The molecule has 1 aromatic carbocycles. The molecule has 22 nitrogen and oxygen atoms in total. The summed E-state index contributed by atoms with van der Waals surface area (Å²) in [5.74, 6) is -1.96. The van der Waals surface area contributed by atoms with Crippen LogP contribution in [0.1, 0.15) is 43.7 Å². The number of guanidine groups is 1. The first-order valence-corrected chi connectivity index (χ1v) is 17.0. The second-order valence-electron chi connectivity index (χ2n) is 9.70. The van der Waals surface area contributed by atoms with Crippen LogP contribution in [0.2, 0.25) is 0 Å². The standard InChI is InChI=1S/C20H27N6O16P3/c1-10(12-5-3-4-6-13(12)26(30)31)20(29)17-18(23-19(24-20)22-11(2)27)25(9-21-17)16-7-14(28)15(40-16)8-39-44(35,36)42-45(37,38)41-43(32,33)34/h3-6,9-10,14-16,28-29H,7-8H2,1-2H3,(H,35,36)(H,37,38)(H2,32,33,34)(H2,22,23,24,27)/t10?,14-,15+,16+,20?/m0/s1. The van der Waals surface area contributed by atoms with Gasteiger partial charge in [-0.2, -0.15) is 8.62 Å². The van der Waals surface area contributed by atoms with E-state index in [4.69, 9.17) is 14.5 Å². The third kappa shape index (κ3) is 8.08. The summed E-state index contributed by atoms with van der Waals surface area (Å²) in [6, 6.07) is 5.63. The number of carbonyl (C=O) groups is 1. The summed E-state index contributed by atoms with van der Waals surface area (Å²) < 4.78 is 53.3. The summed E-state index contributed by atoms with van der Waals surface area (Å²) in [6.07, 6.45) is -2.98. The second-order valence-corrected chi connectivity index (χ2v) is 14.1. The number of para-hydroxylation sites is 1. The highest BCUT2D eigenvalue weighted by atomic mass is 31.3. The van der Waals surface area contributed by atoms with Gasteiger partial charge in [0.25, 0.3) is 5.69 Å². The van der Waals surface area contributed by atoms with Crippen molar-refractivity contribution >= 4 is 46.8 Å². The fourth-order valence-corrected chi connectivity index (χ4v) is 7.64. The second kappa shape index (κ2) is 12.7. The summed E-state index contributed by atoms with van der Waals surface area (Å²) in [4.78, 5) is 67.6. The molecule has 0 radical (unpaired) electrons. The molecule has 2 aliphatic heterocycles. The number of imidazole rings is 1. The minimum atomic E-state index is -5.77.